The molecule has 3 rings (SSSR count). The molecule has 0 spiro atoms. The molecule has 0 radical (unpaired) electrons. The number of benzene rings is 2. The monoisotopic (exact) mass is 443 g/mol. The zero-order valence-corrected chi connectivity index (χ0v) is 18.7. The summed E-state index contributed by atoms with van der Waals surface area (Å²) in [5, 5.41) is 5.74. The van der Waals surface area contributed by atoms with E-state index in [1.54, 1.807) is 42.2 Å². The molecule has 1 heterocycles. The quantitative estimate of drug-likeness (QED) is 0.601. The average Bonchev–Trinajstić information content (AvgIpc) is 2.80. The van der Waals surface area contributed by atoms with Gasteiger partial charge in [0.05, 0.1) is 12.0 Å². The standard InChI is InChI=1S/C25H31F2N3O2/c1-3-4-13-28-25(32)30-16-20(24(31)29-15-19-7-5-6-8-22(19)27)10-12-23(30)18-9-11-21(26)17(2)14-18/h5-9,11,14,20,23H,3-4,10,12-13,15-16H2,1-2H3,(H,28,32)(H,29,31)/t20-,23-/m0/s1. The maximum Gasteiger partial charge on any atom is 0.317 e. The van der Waals surface area contributed by atoms with Crippen molar-refractivity contribution < 1.29 is 18.4 Å². The smallest absolute Gasteiger partial charge is 0.317 e. The molecular weight excluding hydrogens is 412 g/mol. The summed E-state index contributed by atoms with van der Waals surface area (Å²) in [5.74, 6) is -1.24. The molecule has 1 aliphatic rings. The number of urea groups is 1. The Labute approximate surface area is 188 Å². The third kappa shape index (κ3) is 5.84. The second-order valence-corrected chi connectivity index (χ2v) is 8.35. The Morgan fingerprint density at radius 2 is 1.84 bits per heavy atom. The Morgan fingerprint density at radius 3 is 2.56 bits per heavy atom. The number of nitrogens with one attached hydrogen (secondary N) is 2. The van der Waals surface area contributed by atoms with E-state index in [1.165, 1.54) is 12.1 Å². The Hall–Kier alpha value is -2.96. The number of nitrogens with zero attached hydrogens (tertiary/aromatic N) is 1. The van der Waals surface area contributed by atoms with Crippen LogP contribution in [0, 0.1) is 24.5 Å². The lowest BCUT2D eigenvalue weighted by molar-refractivity contribution is -0.127. The van der Waals surface area contributed by atoms with Crippen LogP contribution in [0.15, 0.2) is 42.5 Å². The van der Waals surface area contributed by atoms with Crippen LogP contribution in [0.3, 0.4) is 0 Å². The molecule has 0 bridgehead atoms. The molecule has 0 saturated carbocycles. The topological polar surface area (TPSA) is 61.4 Å². The van der Waals surface area contributed by atoms with Crippen molar-refractivity contribution >= 4 is 11.9 Å². The molecule has 2 aromatic carbocycles. The van der Waals surface area contributed by atoms with Crippen LogP contribution in [0.2, 0.25) is 0 Å². The third-order valence-electron chi connectivity index (χ3n) is 6.00. The molecule has 2 atom stereocenters. The fourth-order valence-electron chi connectivity index (χ4n) is 4.07. The molecular formula is C25H31F2N3O2. The fourth-order valence-corrected chi connectivity index (χ4v) is 4.07. The van der Waals surface area contributed by atoms with E-state index in [4.69, 9.17) is 0 Å². The molecule has 3 amide bonds. The maximum atomic E-state index is 13.9. The molecule has 0 aliphatic carbocycles. The molecule has 1 fully saturated rings. The molecule has 0 unspecified atom stereocenters. The molecule has 172 valence electrons. The Kier molecular flexibility index (Phi) is 8.20. The first-order chi connectivity index (χ1) is 15.4. The van der Waals surface area contributed by atoms with Gasteiger partial charge in [-0.1, -0.05) is 43.7 Å². The van der Waals surface area contributed by atoms with Crippen molar-refractivity contribution in [1.29, 1.82) is 0 Å². The number of amides is 3. The summed E-state index contributed by atoms with van der Waals surface area (Å²) in [6.45, 7) is 4.66. The van der Waals surface area contributed by atoms with Crippen LogP contribution in [-0.4, -0.2) is 29.9 Å². The maximum absolute atomic E-state index is 13.9. The molecule has 32 heavy (non-hydrogen) atoms. The van der Waals surface area contributed by atoms with Crippen LogP contribution in [0.5, 0.6) is 0 Å². The molecule has 0 aromatic heterocycles. The second-order valence-electron chi connectivity index (χ2n) is 8.35. The van der Waals surface area contributed by atoms with Gasteiger partial charge < -0.3 is 15.5 Å². The van der Waals surface area contributed by atoms with Crippen molar-refractivity contribution in [1.82, 2.24) is 15.5 Å². The largest absolute Gasteiger partial charge is 0.352 e. The van der Waals surface area contributed by atoms with Crippen LogP contribution in [-0.2, 0) is 11.3 Å². The predicted octanol–water partition coefficient (Wildman–Crippen LogP) is 4.85. The normalized spacial score (nSPS) is 18.3. The van der Waals surface area contributed by atoms with Crippen molar-refractivity contribution in [3.63, 3.8) is 0 Å². The zero-order chi connectivity index (χ0) is 23.1. The lowest BCUT2D eigenvalue weighted by Gasteiger charge is -2.39. The van der Waals surface area contributed by atoms with E-state index in [1.807, 2.05) is 6.92 Å². The van der Waals surface area contributed by atoms with Crippen molar-refractivity contribution in [3.05, 3.63) is 70.8 Å². The highest BCUT2D eigenvalue weighted by Gasteiger charge is 2.35. The van der Waals surface area contributed by atoms with Crippen LogP contribution in [0.25, 0.3) is 0 Å². The molecule has 2 N–H and O–H groups in total. The van der Waals surface area contributed by atoms with Crippen molar-refractivity contribution in [2.45, 2.75) is 52.1 Å². The van der Waals surface area contributed by atoms with E-state index < -0.39 is 5.92 Å². The highest BCUT2D eigenvalue weighted by molar-refractivity contribution is 5.81. The van der Waals surface area contributed by atoms with Gasteiger partial charge in [0.15, 0.2) is 0 Å². The van der Waals surface area contributed by atoms with Gasteiger partial charge in [0.25, 0.3) is 0 Å². The predicted molar refractivity (Wildman–Crippen MR) is 120 cm³/mol. The van der Waals surface area contributed by atoms with Crippen molar-refractivity contribution in [2.75, 3.05) is 13.1 Å². The van der Waals surface area contributed by atoms with Gasteiger partial charge in [0.1, 0.15) is 11.6 Å². The molecule has 1 aliphatic heterocycles. The summed E-state index contributed by atoms with van der Waals surface area (Å²) in [5.41, 5.74) is 1.81. The number of hydrogen-bond donors (Lipinski definition) is 2. The van der Waals surface area contributed by atoms with E-state index in [-0.39, 0.29) is 42.7 Å². The number of unbranched alkanes of at least 4 members (excludes halogenated alkanes) is 1. The first-order valence-electron chi connectivity index (χ1n) is 11.2. The number of carbonyl (C=O) groups is 2. The number of rotatable bonds is 7. The van der Waals surface area contributed by atoms with Gasteiger partial charge in [-0.15, -0.1) is 0 Å². The summed E-state index contributed by atoms with van der Waals surface area (Å²) < 4.78 is 27.6. The van der Waals surface area contributed by atoms with Gasteiger partial charge >= 0.3 is 6.03 Å². The van der Waals surface area contributed by atoms with E-state index in [0.717, 1.165) is 18.4 Å². The number of aryl methyl sites for hydroxylation is 1. The SMILES string of the molecule is CCCCNC(=O)N1C[C@@H](C(=O)NCc2ccccc2F)CC[C@H]1c1ccc(F)c(C)c1. The minimum absolute atomic E-state index is 0.102. The van der Waals surface area contributed by atoms with Crippen molar-refractivity contribution in [3.8, 4) is 0 Å². The van der Waals surface area contributed by atoms with Gasteiger partial charge in [-0.3, -0.25) is 4.79 Å². The minimum Gasteiger partial charge on any atom is -0.352 e. The summed E-state index contributed by atoms with van der Waals surface area (Å²) in [6.07, 6.45) is 3.00. The minimum atomic E-state index is -0.392. The Balaban J connectivity index is 1.72. The van der Waals surface area contributed by atoms with Gasteiger partial charge in [-0.2, -0.15) is 0 Å². The van der Waals surface area contributed by atoms with Crippen LogP contribution in [0.1, 0.15) is 55.3 Å². The van der Waals surface area contributed by atoms with Crippen molar-refractivity contribution in [2.24, 2.45) is 5.92 Å². The first-order valence-corrected chi connectivity index (χ1v) is 11.2. The van der Waals surface area contributed by atoms with Gasteiger partial charge in [0.2, 0.25) is 5.91 Å². The zero-order valence-electron chi connectivity index (χ0n) is 18.7. The first kappa shape index (κ1) is 23.7. The lowest BCUT2D eigenvalue weighted by Crippen LogP contribution is -2.50. The second kappa shape index (κ2) is 11.1. The number of piperidine rings is 1. The summed E-state index contributed by atoms with van der Waals surface area (Å²) in [6, 6.07) is 10.8. The third-order valence-corrected chi connectivity index (χ3v) is 6.00. The highest BCUT2D eigenvalue weighted by atomic mass is 19.1. The molecule has 7 heteroatoms. The average molecular weight is 444 g/mol. The van der Waals surface area contributed by atoms with E-state index in [0.29, 0.717) is 30.5 Å². The van der Waals surface area contributed by atoms with Crippen LogP contribution < -0.4 is 10.6 Å². The Bertz CT molecular complexity index is 951. The number of hydrogen-bond acceptors (Lipinski definition) is 2. The van der Waals surface area contributed by atoms with E-state index >= 15 is 0 Å². The lowest BCUT2D eigenvalue weighted by atomic mass is 9.88. The summed E-state index contributed by atoms with van der Waals surface area (Å²) in [4.78, 5) is 27.5. The Morgan fingerprint density at radius 1 is 1.06 bits per heavy atom. The highest BCUT2D eigenvalue weighted by Crippen LogP contribution is 2.34. The number of halogens is 2. The summed E-state index contributed by atoms with van der Waals surface area (Å²) in [7, 11) is 0. The molecule has 2 aromatic rings. The van der Waals surface area contributed by atoms with E-state index in [2.05, 4.69) is 10.6 Å². The van der Waals surface area contributed by atoms with Gasteiger partial charge in [-0.05, 0) is 49.4 Å². The van der Waals surface area contributed by atoms with E-state index in [9.17, 15) is 18.4 Å². The number of carbonyl (C=O) groups excluding carboxylic acids is 2. The fraction of sp³-hybridized carbons (Fsp3) is 0.440. The number of likely N-dealkylation sites (tertiary alicyclic amines) is 1. The molecule has 1 saturated heterocycles. The van der Waals surface area contributed by atoms with Gasteiger partial charge in [0, 0.05) is 25.2 Å². The summed E-state index contributed by atoms with van der Waals surface area (Å²) >= 11 is 0. The van der Waals surface area contributed by atoms with Gasteiger partial charge in [-0.25, -0.2) is 13.6 Å². The van der Waals surface area contributed by atoms with Crippen LogP contribution >= 0.6 is 0 Å². The van der Waals surface area contributed by atoms with Crippen LogP contribution in [0.4, 0.5) is 13.6 Å². The molecule has 5 nitrogen and oxygen atoms in total.